The maximum Gasteiger partial charge on any atom is 0.137 e. The maximum absolute atomic E-state index is 13.4. The molecule has 1 heterocycles. The van der Waals surface area contributed by atoms with Crippen molar-refractivity contribution in [1.82, 2.24) is 4.90 Å². The third-order valence-corrected chi connectivity index (χ3v) is 4.63. The van der Waals surface area contributed by atoms with Gasteiger partial charge in [0.2, 0.25) is 0 Å². The Morgan fingerprint density at radius 2 is 2.06 bits per heavy atom. The van der Waals surface area contributed by atoms with Crippen molar-refractivity contribution in [2.45, 2.75) is 13.1 Å². The number of benzene rings is 1. The molecule has 1 aromatic heterocycles. The second kappa shape index (κ2) is 6.15. The lowest BCUT2D eigenvalue weighted by molar-refractivity contribution is 0.320. The Hall–Kier alpha value is -0.420. The highest BCUT2D eigenvalue weighted by Crippen LogP contribution is 2.25. The topological polar surface area (TPSA) is 3.24 Å². The largest absolute Gasteiger partial charge is 0.297 e. The molecule has 0 aliphatic rings. The van der Waals surface area contributed by atoms with Gasteiger partial charge in [-0.3, -0.25) is 4.90 Å². The lowest BCUT2D eigenvalue weighted by Gasteiger charge is -2.16. The zero-order chi connectivity index (χ0) is 13.1. The van der Waals surface area contributed by atoms with Gasteiger partial charge >= 0.3 is 0 Å². The molecule has 0 radical (unpaired) electrons. The molecular weight excluding hydrogens is 337 g/mol. The first kappa shape index (κ1) is 14.0. The molecule has 2 rings (SSSR count). The van der Waals surface area contributed by atoms with Gasteiger partial charge in [0.1, 0.15) is 5.82 Å². The van der Waals surface area contributed by atoms with E-state index in [-0.39, 0.29) is 5.82 Å². The quantitative estimate of drug-likeness (QED) is 0.757. The zero-order valence-electron chi connectivity index (χ0n) is 9.79. The minimum absolute atomic E-state index is 0.222. The highest BCUT2D eigenvalue weighted by Gasteiger charge is 2.09. The number of hydrogen-bond acceptors (Lipinski definition) is 2. The number of thiophene rings is 1. The Balaban J connectivity index is 2.03. The first-order chi connectivity index (χ1) is 8.56. The van der Waals surface area contributed by atoms with Gasteiger partial charge in [-0.15, -0.1) is 11.3 Å². The molecule has 0 saturated carbocycles. The van der Waals surface area contributed by atoms with E-state index >= 15 is 0 Å². The van der Waals surface area contributed by atoms with Crippen LogP contribution < -0.4 is 0 Å². The maximum atomic E-state index is 13.4. The molecule has 0 fully saturated rings. The Morgan fingerprint density at radius 1 is 1.28 bits per heavy atom. The molecule has 0 spiro atoms. The third kappa shape index (κ3) is 3.54. The van der Waals surface area contributed by atoms with Crippen molar-refractivity contribution in [2.75, 3.05) is 7.05 Å². The second-order valence-corrected chi connectivity index (χ2v) is 6.68. The molecular formula is C13H12BrClFNS. The second-order valence-electron chi connectivity index (χ2n) is 4.09. The van der Waals surface area contributed by atoms with Gasteiger partial charge in [-0.05, 0) is 46.7 Å². The first-order valence-corrected chi connectivity index (χ1v) is 7.40. The predicted molar refractivity (Wildman–Crippen MR) is 78.6 cm³/mol. The minimum Gasteiger partial charge on any atom is -0.297 e. The summed E-state index contributed by atoms with van der Waals surface area (Å²) in [6.07, 6.45) is 0. The first-order valence-electron chi connectivity index (χ1n) is 5.42. The van der Waals surface area contributed by atoms with Gasteiger partial charge < -0.3 is 0 Å². The lowest BCUT2D eigenvalue weighted by atomic mass is 10.2. The summed E-state index contributed by atoms with van der Waals surface area (Å²) in [5.41, 5.74) is 0.945. The van der Waals surface area contributed by atoms with E-state index in [9.17, 15) is 4.39 Å². The van der Waals surface area contributed by atoms with Crippen molar-refractivity contribution in [3.05, 3.63) is 55.4 Å². The normalized spacial score (nSPS) is 11.2. The van der Waals surface area contributed by atoms with E-state index in [0.717, 1.165) is 16.4 Å². The molecule has 5 heteroatoms. The summed E-state index contributed by atoms with van der Waals surface area (Å²) in [4.78, 5) is 3.33. The van der Waals surface area contributed by atoms with Gasteiger partial charge in [-0.1, -0.05) is 23.7 Å². The Labute approximate surface area is 123 Å². The van der Waals surface area contributed by atoms with E-state index in [2.05, 4.69) is 20.8 Å². The Morgan fingerprint density at radius 3 is 2.72 bits per heavy atom. The molecule has 0 unspecified atom stereocenters. The highest BCUT2D eigenvalue weighted by molar-refractivity contribution is 9.10. The molecule has 1 nitrogen and oxygen atoms in total. The fourth-order valence-electron chi connectivity index (χ4n) is 1.72. The average molecular weight is 349 g/mol. The van der Waals surface area contributed by atoms with E-state index in [1.807, 2.05) is 25.2 Å². The summed E-state index contributed by atoms with van der Waals surface area (Å²) in [6.45, 7) is 1.49. The number of hydrogen-bond donors (Lipinski definition) is 0. The van der Waals surface area contributed by atoms with Gasteiger partial charge in [0, 0.05) is 18.0 Å². The smallest absolute Gasteiger partial charge is 0.137 e. The van der Waals surface area contributed by atoms with Crippen LogP contribution in [0, 0.1) is 5.82 Å². The molecule has 0 amide bonds. The van der Waals surface area contributed by atoms with Crippen LogP contribution in [-0.4, -0.2) is 11.9 Å². The van der Waals surface area contributed by atoms with Gasteiger partial charge in [0.05, 0.1) is 8.81 Å². The predicted octanol–water partition coefficient (Wildman–Crippen LogP) is 4.94. The summed E-state index contributed by atoms with van der Waals surface area (Å²) in [5, 5.41) is 0. The van der Waals surface area contributed by atoms with Crippen molar-refractivity contribution in [3.8, 4) is 0 Å². The third-order valence-electron chi connectivity index (χ3n) is 2.53. The van der Waals surface area contributed by atoms with Gasteiger partial charge in [-0.2, -0.15) is 0 Å². The average Bonchev–Trinajstić information content (AvgIpc) is 2.70. The van der Waals surface area contributed by atoms with Crippen molar-refractivity contribution in [2.24, 2.45) is 0 Å². The summed E-state index contributed by atoms with van der Waals surface area (Å²) in [5.74, 6) is -0.222. The van der Waals surface area contributed by atoms with E-state index in [4.69, 9.17) is 11.6 Å². The molecule has 96 valence electrons. The van der Waals surface area contributed by atoms with Crippen LogP contribution in [-0.2, 0) is 13.1 Å². The van der Waals surface area contributed by atoms with Crippen molar-refractivity contribution >= 4 is 38.9 Å². The SMILES string of the molecule is CN(Cc1ccc(Cl)s1)Cc1cccc(F)c1Br. The lowest BCUT2D eigenvalue weighted by Crippen LogP contribution is -2.17. The molecule has 18 heavy (non-hydrogen) atoms. The fraction of sp³-hybridized carbons (Fsp3) is 0.231. The Kier molecular flexibility index (Phi) is 4.78. The summed E-state index contributed by atoms with van der Waals surface area (Å²) in [7, 11) is 2.00. The zero-order valence-corrected chi connectivity index (χ0v) is 12.9. The van der Waals surface area contributed by atoms with E-state index < -0.39 is 0 Å². The van der Waals surface area contributed by atoms with Gasteiger partial charge in [-0.25, -0.2) is 4.39 Å². The number of nitrogens with zero attached hydrogens (tertiary/aromatic N) is 1. The molecule has 0 N–H and O–H groups in total. The summed E-state index contributed by atoms with van der Waals surface area (Å²) < 4.78 is 14.7. The Bertz CT molecular complexity index is 544. The van der Waals surface area contributed by atoms with Gasteiger partial charge in [0.25, 0.3) is 0 Å². The van der Waals surface area contributed by atoms with Crippen molar-refractivity contribution < 1.29 is 4.39 Å². The fourth-order valence-corrected chi connectivity index (χ4v) is 3.28. The van der Waals surface area contributed by atoms with Gasteiger partial charge in [0.15, 0.2) is 0 Å². The van der Waals surface area contributed by atoms with Crippen LogP contribution in [0.3, 0.4) is 0 Å². The van der Waals surface area contributed by atoms with Crippen LogP contribution in [0.15, 0.2) is 34.8 Å². The van der Waals surface area contributed by atoms with Crippen molar-refractivity contribution in [3.63, 3.8) is 0 Å². The molecule has 2 aromatic rings. The minimum atomic E-state index is -0.222. The van der Waals surface area contributed by atoms with Crippen LogP contribution >= 0.6 is 38.9 Å². The molecule has 0 atom stereocenters. The van der Waals surface area contributed by atoms with E-state index in [1.54, 1.807) is 17.4 Å². The van der Waals surface area contributed by atoms with Crippen LogP contribution in [0.4, 0.5) is 4.39 Å². The van der Waals surface area contributed by atoms with Crippen LogP contribution in [0.1, 0.15) is 10.4 Å². The van der Waals surface area contributed by atoms with Crippen LogP contribution in [0.2, 0.25) is 4.34 Å². The van der Waals surface area contributed by atoms with Crippen LogP contribution in [0.5, 0.6) is 0 Å². The van der Waals surface area contributed by atoms with Crippen molar-refractivity contribution in [1.29, 1.82) is 0 Å². The highest BCUT2D eigenvalue weighted by atomic mass is 79.9. The van der Waals surface area contributed by atoms with E-state index in [1.165, 1.54) is 10.9 Å². The van der Waals surface area contributed by atoms with E-state index in [0.29, 0.717) is 11.0 Å². The monoisotopic (exact) mass is 347 g/mol. The van der Waals surface area contributed by atoms with Crippen LogP contribution in [0.25, 0.3) is 0 Å². The molecule has 0 aliphatic carbocycles. The summed E-state index contributed by atoms with van der Waals surface area (Å²) >= 11 is 10.7. The molecule has 0 aliphatic heterocycles. The molecule has 0 bridgehead atoms. The standard InChI is InChI=1S/C13H12BrClFNS/c1-17(8-10-5-6-12(15)18-10)7-9-3-2-4-11(16)13(9)14/h2-6H,7-8H2,1H3. The molecule has 0 saturated heterocycles. The number of halogens is 3. The summed E-state index contributed by atoms with van der Waals surface area (Å²) in [6, 6.07) is 9.01. The number of rotatable bonds is 4. The molecule has 1 aromatic carbocycles.